The monoisotopic (exact) mass is 192 g/mol. The molecular weight excluding hydrogens is 175 g/mol. The van der Waals surface area contributed by atoms with Crippen LogP contribution in [0.25, 0.3) is 0 Å². The SMILES string of the molecule is CC1=C(C2CCCCC2)SCB=C1. The van der Waals surface area contributed by atoms with Gasteiger partial charge in [-0.05, 0) is 0 Å². The first kappa shape index (κ1) is 9.58. The summed E-state index contributed by atoms with van der Waals surface area (Å²) in [5.74, 6) is 3.21. The Morgan fingerprint density at radius 1 is 1.31 bits per heavy atom. The van der Waals surface area contributed by atoms with E-state index >= 15 is 0 Å². The van der Waals surface area contributed by atoms with Crippen LogP contribution in [0.1, 0.15) is 39.0 Å². The average Bonchev–Trinajstić information content (AvgIpc) is 2.20. The van der Waals surface area contributed by atoms with Gasteiger partial charge in [-0.15, -0.1) is 0 Å². The summed E-state index contributed by atoms with van der Waals surface area (Å²) >= 11 is 2.07. The fraction of sp³-hybridized carbons (Fsp3) is 0.727. The third-order valence-corrected chi connectivity index (χ3v) is 4.39. The summed E-state index contributed by atoms with van der Waals surface area (Å²) in [5.41, 5.74) is 2.73. The van der Waals surface area contributed by atoms with Gasteiger partial charge in [0.15, 0.2) is 0 Å². The zero-order valence-electron chi connectivity index (χ0n) is 8.38. The Morgan fingerprint density at radius 2 is 2.08 bits per heavy atom. The van der Waals surface area contributed by atoms with E-state index in [1.165, 1.54) is 43.3 Å². The van der Waals surface area contributed by atoms with Crippen LogP contribution in [0.4, 0.5) is 0 Å². The van der Waals surface area contributed by atoms with Crippen molar-refractivity contribution in [2.45, 2.75) is 39.0 Å². The molecule has 1 saturated carbocycles. The first-order valence-electron chi connectivity index (χ1n) is 5.38. The first-order valence-corrected chi connectivity index (χ1v) is 6.36. The maximum atomic E-state index is 2.31. The van der Waals surface area contributed by atoms with Gasteiger partial charge in [0.1, 0.15) is 0 Å². The Morgan fingerprint density at radius 3 is 2.77 bits per heavy atom. The fourth-order valence-corrected chi connectivity index (χ4v) is 3.50. The van der Waals surface area contributed by atoms with E-state index in [-0.39, 0.29) is 0 Å². The van der Waals surface area contributed by atoms with Gasteiger partial charge < -0.3 is 0 Å². The molecule has 0 atom stereocenters. The molecule has 0 nitrogen and oxygen atoms in total. The quantitative estimate of drug-likeness (QED) is 0.575. The van der Waals surface area contributed by atoms with E-state index in [0.29, 0.717) is 0 Å². The van der Waals surface area contributed by atoms with Crippen LogP contribution in [0.3, 0.4) is 0 Å². The van der Waals surface area contributed by atoms with Crippen LogP contribution in [0.2, 0.25) is 0 Å². The molecule has 13 heavy (non-hydrogen) atoms. The van der Waals surface area contributed by atoms with Crippen molar-refractivity contribution in [3.63, 3.8) is 0 Å². The van der Waals surface area contributed by atoms with Gasteiger partial charge in [0, 0.05) is 0 Å². The second kappa shape index (κ2) is 4.50. The number of hydrogen-bond donors (Lipinski definition) is 0. The summed E-state index contributed by atoms with van der Waals surface area (Å²) in [6.07, 6.45) is 7.24. The average molecular weight is 192 g/mol. The molecule has 0 aromatic carbocycles. The van der Waals surface area contributed by atoms with E-state index in [0.717, 1.165) is 5.92 Å². The van der Waals surface area contributed by atoms with Crippen molar-refractivity contribution in [3.05, 3.63) is 10.5 Å². The molecule has 0 aromatic rings. The molecule has 1 aliphatic carbocycles. The molecule has 0 bridgehead atoms. The molecule has 0 spiro atoms. The zero-order chi connectivity index (χ0) is 9.10. The Bertz CT molecular complexity index is 236. The van der Waals surface area contributed by atoms with Crippen LogP contribution in [0, 0.1) is 5.92 Å². The molecule has 0 N–H and O–H groups in total. The van der Waals surface area contributed by atoms with Gasteiger partial charge in [0.05, 0.1) is 0 Å². The summed E-state index contributed by atoms with van der Waals surface area (Å²) < 4.78 is 0. The minimum absolute atomic E-state index is 0.906. The Balaban J connectivity index is 2.08. The Labute approximate surface area is 86.1 Å². The van der Waals surface area contributed by atoms with E-state index < -0.39 is 0 Å². The molecule has 1 fully saturated rings. The third kappa shape index (κ3) is 2.28. The predicted octanol–water partition coefficient (Wildman–Crippen LogP) is 3.05. The van der Waals surface area contributed by atoms with Crippen molar-refractivity contribution in [2.24, 2.45) is 5.92 Å². The van der Waals surface area contributed by atoms with Gasteiger partial charge in [0.2, 0.25) is 0 Å². The predicted molar refractivity (Wildman–Crippen MR) is 63.6 cm³/mol. The standard InChI is InChI=1S/C11H17BS/c1-9-7-12-8-13-11(9)10-5-3-2-4-6-10/h7,10H,2-6,8H2,1H3. The van der Waals surface area contributed by atoms with E-state index in [9.17, 15) is 0 Å². The number of hydrogen-bond acceptors (Lipinski definition) is 1. The van der Waals surface area contributed by atoms with Gasteiger partial charge >= 0.3 is 85.7 Å². The Kier molecular flexibility index (Phi) is 3.31. The van der Waals surface area contributed by atoms with Crippen molar-refractivity contribution in [1.82, 2.24) is 0 Å². The van der Waals surface area contributed by atoms with E-state index in [1.54, 1.807) is 4.91 Å². The van der Waals surface area contributed by atoms with Crippen molar-refractivity contribution in [2.75, 3.05) is 5.65 Å². The van der Waals surface area contributed by atoms with Crippen LogP contribution < -0.4 is 0 Å². The minimum atomic E-state index is 0.906. The van der Waals surface area contributed by atoms with Crippen LogP contribution in [0.15, 0.2) is 10.5 Å². The van der Waals surface area contributed by atoms with Crippen molar-refractivity contribution < 1.29 is 0 Å². The van der Waals surface area contributed by atoms with Gasteiger partial charge in [0.25, 0.3) is 0 Å². The third-order valence-electron chi connectivity index (χ3n) is 3.07. The molecule has 2 rings (SSSR count). The van der Waals surface area contributed by atoms with Gasteiger partial charge in [-0.25, -0.2) is 0 Å². The molecule has 1 aliphatic heterocycles. The van der Waals surface area contributed by atoms with Crippen molar-refractivity contribution in [3.8, 4) is 0 Å². The summed E-state index contributed by atoms with van der Waals surface area (Å²) in [5, 5.41) is 0. The molecule has 0 unspecified atom stereocenters. The van der Waals surface area contributed by atoms with Crippen LogP contribution in [-0.2, 0) is 0 Å². The van der Waals surface area contributed by atoms with Crippen LogP contribution in [-0.4, -0.2) is 18.5 Å². The van der Waals surface area contributed by atoms with E-state index in [2.05, 4.69) is 31.6 Å². The molecule has 0 aromatic heterocycles. The molecule has 0 amide bonds. The van der Waals surface area contributed by atoms with Crippen molar-refractivity contribution >= 4 is 24.6 Å². The van der Waals surface area contributed by atoms with Crippen LogP contribution >= 0.6 is 11.8 Å². The summed E-state index contributed by atoms with van der Waals surface area (Å²) in [7, 11) is 0. The van der Waals surface area contributed by atoms with Gasteiger partial charge in [-0.1, -0.05) is 0 Å². The van der Waals surface area contributed by atoms with Crippen molar-refractivity contribution in [1.29, 1.82) is 0 Å². The molecule has 0 saturated heterocycles. The van der Waals surface area contributed by atoms with Gasteiger partial charge in [-0.2, -0.15) is 0 Å². The topological polar surface area (TPSA) is 0 Å². The number of allylic oxidation sites excluding steroid dienone is 2. The Hall–Kier alpha value is 0.0249. The molecule has 1 heterocycles. The normalized spacial score (nSPS) is 24.7. The molecule has 70 valence electrons. The van der Waals surface area contributed by atoms with E-state index in [4.69, 9.17) is 0 Å². The number of rotatable bonds is 1. The maximum absolute atomic E-state index is 2.31. The summed E-state index contributed by atoms with van der Waals surface area (Å²) in [6, 6.07) is 0. The molecular formula is C11H17BS. The summed E-state index contributed by atoms with van der Waals surface area (Å²) in [6.45, 7) is 4.55. The molecule has 2 aliphatic rings. The van der Waals surface area contributed by atoms with Crippen LogP contribution in [0.5, 0.6) is 0 Å². The zero-order valence-corrected chi connectivity index (χ0v) is 9.20. The fourth-order valence-electron chi connectivity index (χ4n) is 2.36. The molecule has 0 radical (unpaired) electrons. The molecule has 2 heteroatoms. The number of thioether (sulfide) groups is 1. The second-order valence-electron chi connectivity index (χ2n) is 4.10. The first-order chi connectivity index (χ1) is 6.38. The summed E-state index contributed by atoms with van der Waals surface area (Å²) in [4.78, 5) is 1.70. The van der Waals surface area contributed by atoms with Gasteiger partial charge in [-0.3, -0.25) is 0 Å². The second-order valence-corrected chi connectivity index (χ2v) is 5.16. The van der Waals surface area contributed by atoms with E-state index in [1.807, 2.05) is 0 Å².